The summed E-state index contributed by atoms with van der Waals surface area (Å²) in [5.74, 6) is -0.516. The summed E-state index contributed by atoms with van der Waals surface area (Å²) in [4.78, 5) is 10.2. The molecule has 9 heteroatoms. The van der Waals surface area contributed by atoms with E-state index in [1.807, 2.05) is 0 Å². The lowest BCUT2D eigenvalue weighted by atomic mass is 10.2. The minimum absolute atomic E-state index is 0.182. The van der Waals surface area contributed by atoms with Crippen molar-refractivity contribution in [2.24, 2.45) is 0 Å². The Morgan fingerprint density at radius 1 is 1.29 bits per heavy atom. The van der Waals surface area contributed by atoms with E-state index in [0.29, 0.717) is 5.56 Å². The molecule has 0 N–H and O–H groups in total. The van der Waals surface area contributed by atoms with E-state index in [1.165, 1.54) is 38.2 Å². The first-order valence-corrected chi connectivity index (χ1v) is 9.02. The topological polar surface area (TPSA) is 80.5 Å². The summed E-state index contributed by atoms with van der Waals surface area (Å²) in [6.07, 6.45) is 0. The van der Waals surface area contributed by atoms with E-state index < -0.39 is 20.8 Å². The quantitative estimate of drug-likeness (QED) is 0.550. The van der Waals surface area contributed by atoms with Crippen molar-refractivity contribution in [3.63, 3.8) is 0 Å². The van der Waals surface area contributed by atoms with Gasteiger partial charge < -0.3 is 0 Å². The Morgan fingerprint density at radius 3 is 2.50 bits per heavy atom. The lowest BCUT2D eigenvalue weighted by Gasteiger charge is -2.19. The second-order valence-electron chi connectivity index (χ2n) is 5.18. The van der Waals surface area contributed by atoms with Crippen LogP contribution in [0.2, 0.25) is 0 Å². The number of halogens is 2. The summed E-state index contributed by atoms with van der Waals surface area (Å²) in [7, 11) is -2.72. The van der Waals surface area contributed by atoms with Crippen LogP contribution in [0.5, 0.6) is 0 Å². The standard InChI is InChI=1S/C15H14BrFN2O4S/c1-10-7-12(16)14(19(20)21)8-15(10)24(22,23)18(2)9-11-5-3-4-6-13(11)17/h3-8H,9H2,1-2H3. The van der Waals surface area contributed by atoms with Crippen LogP contribution in [0.4, 0.5) is 10.1 Å². The van der Waals surface area contributed by atoms with Crippen LogP contribution in [0.1, 0.15) is 11.1 Å². The number of aryl methyl sites for hydroxylation is 1. The number of nitrogens with zero attached hydrogens (tertiary/aromatic N) is 2. The molecule has 0 unspecified atom stereocenters. The zero-order valence-corrected chi connectivity index (χ0v) is 15.3. The third-order valence-corrected chi connectivity index (χ3v) is 6.06. The lowest BCUT2D eigenvalue weighted by molar-refractivity contribution is -0.385. The molecule has 0 atom stereocenters. The Hall–Kier alpha value is -1.84. The highest BCUT2D eigenvalue weighted by Crippen LogP contribution is 2.32. The Balaban J connectivity index is 2.45. The van der Waals surface area contributed by atoms with Crippen molar-refractivity contribution in [3.05, 3.63) is 67.9 Å². The van der Waals surface area contributed by atoms with Gasteiger partial charge >= 0.3 is 0 Å². The monoisotopic (exact) mass is 416 g/mol. The zero-order valence-electron chi connectivity index (χ0n) is 12.9. The van der Waals surface area contributed by atoms with E-state index in [0.717, 1.165) is 10.4 Å². The highest BCUT2D eigenvalue weighted by molar-refractivity contribution is 9.10. The number of nitro groups is 1. The number of benzene rings is 2. The van der Waals surface area contributed by atoms with E-state index in [-0.39, 0.29) is 27.2 Å². The summed E-state index contributed by atoms with van der Waals surface area (Å²) >= 11 is 3.05. The molecular formula is C15H14BrFN2O4S. The zero-order chi connectivity index (χ0) is 18.1. The van der Waals surface area contributed by atoms with Crippen molar-refractivity contribution in [1.29, 1.82) is 0 Å². The number of rotatable bonds is 5. The Bertz CT molecular complexity index is 902. The van der Waals surface area contributed by atoms with Crippen LogP contribution >= 0.6 is 15.9 Å². The highest BCUT2D eigenvalue weighted by Gasteiger charge is 2.27. The summed E-state index contributed by atoms with van der Waals surface area (Å²) in [5.41, 5.74) is 0.221. The number of hydrogen-bond donors (Lipinski definition) is 0. The van der Waals surface area contributed by atoms with Gasteiger partial charge in [0.15, 0.2) is 0 Å². The fraction of sp³-hybridized carbons (Fsp3) is 0.200. The van der Waals surface area contributed by atoms with Gasteiger partial charge in [0.05, 0.1) is 14.3 Å². The first kappa shape index (κ1) is 18.5. The largest absolute Gasteiger partial charge is 0.284 e. The second-order valence-corrected chi connectivity index (χ2v) is 8.05. The molecule has 0 saturated heterocycles. The predicted octanol–water partition coefficient (Wildman–Crippen LogP) is 3.63. The minimum atomic E-state index is -4.02. The van der Waals surface area contributed by atoms with Gasteiger partial charge in [0.2, 0.25) is 10.0 Å². The predicted molar refractivity (Wildman–Crippen MR) is 90.6 cm³/mol. The van der Waals surface area contributed by atoms with Gasteiger partial charge in [-0.3, -0.25) is 10.1 Å². The van der Waals surface area contributed by atoms with Crippen LogP contribution in [-0.2, 0) is 16.6 Å². The van der Waals surface area contributed by atoms with Gasteiger partial charge in [-0.25, -0.2) is 12.8 Å². The fourth-order valence-corrected chi connectivity index (χ4v) is 4.15. The van der Waals surface area contributed by atoms with Crippen LogP contribution in [0.3, 0.4) is 0 Å². The van der Waals surface area contributed by atoms with Crippen molar-refractivity contribution in [1.82, 2.24) is 4.31 Å². The molecule has 0 amide bonds. The van der Waals surface area contributed by atoms with Gasteiger partial charge in [-0.1, -0.05) is 18.2 Å². The van der Waals surface area contributed by atoms with Gasteiger partial charge in [0, 0.05) is 25.2 Å². The average molecular weight is 417 g/mol. The van der Waals surface area contributed by atoms with E-state index >= 15 is 0 Å². The molecule has 0 aliphatic rings. The van der Waals surface area contributed by atoms with Crippen molar-refractivity contribution < 1.29 is 17.7 Å². The molecule has 128 valence electrons. The highest BCUT2D eigenvalue weighted by atomic mass is 79.9. The normalized spacial score (nSPS) is 11.7. The van der Waals surface area contributed by atoms with Crippen molar-refractivity contribution in [3.8, 4) is 0 Å². The molecule has 6 nitrogen and oxygen atoms in total. The van der Waals surface area contributed by atoms with Crippen LogP contribution in [0.15, 0.2) is 45.8 Å². The Kier molecular flexibility index (Phi) is 5.36. The minimum Gasteiger partial charge on any atom is -0.258 e. The van der Waals surface area contributed by atoms with E-state index in [1.54, 1.807) is 6.07 Å². The van der Waals surface area contributed by atoms with E-state index in [9.17, 15) is 22.9 Å². The molecule has 0 radical (unpaired) electrons. The lowest BCUT2D eigenvalue weighted by Crippen LogP contribution is -2.27. The summed E-state index contributed by atoms with van der Waals surface area (Å²) < 4.78 is 40.3. The average Bonchev–Trinajstić information content (AvgIpc) is 2.48. The molecule has 0 aliphatic heterocycles. The summed E-state index contributed by atoms with van der Waals surface area (Å²) in [5, 5.41) is 11.0. The van der Waals surface area contributed by atoms with Gasteiger partial charge in [-0.2, -0.15) is 4.31 Å². The van der Waals surface area contributed by atoms with Crippen LogP contribution in [-0.4, -0.2) is 24.7 Å². The van der Waals surface area contributed by atoms with Crippen molar-refractivity contribution in [2.75, 3.05) is 7.05 Å². The summed E-state index contributed by atoms with van der Waals surface area (Å²) in [6, 6.07) is 8.22. The van der Waals surface area contributed by atoms with Crippen LogP contribution in [0, 0.1) is 22.9 Å². The maximum Gasteiger partial charge on any atom is 0.284 e. The Morgan fingerprint density at radius 2 is 1.92 bits per heavy atom. The van der Waals surface area contributed by atoms with Gasteiger partial charge in [-0.05, 0) is 40.5 Å². The summed E-state index contributed by atoms with van der Waals surface area (Å²) in [6.45, 7) is 1.36. The van der Waals surface area contributed by atoms with E-state index in [2.05, 4.69) is 15.9 Å². The number of hydrogen-bond acceptors (Lipinski definition) is 4. The van der Waals surface area contributed by atoms with Crippen LogP contribution in [0.25, 0.3) is 0 Å². The Labute approximate surface area is 147 Å². The molecule has 0 heterocycles. The molecule has 0 aromatic heterocycles. The fourth-order valence-electron chi connectivity index (χ4n) is 2.18. The smallest absolute Gasteiger partial charge is 0.258 e. The molecule has 0 saturated carbocycles. The molecule has 0 bridgehead atoms. The van der Waals surface area contributed by atoms with Gasteiger partial charge in [-0.15, -0.1) is 0 Å². The maximum absolute atomic E-state index is 13.7. The molecular weight excluding hydrogens is 403 g/mol. The molecule has 0 aliphatic carbocycles. The van der Waals surface area contributed by atoms with Crippen molar-refractivity contribution in [2.45, 2.75) is 18.4 Å². The number of sulfonamides is 1. The molecule has 2 rings (SSSR count). The molecule has 2 aromatic carbocycles. The third-order valence-electron chi connectivity index (χ3n) is 3.48. The molecule has 24 heavy (non-hydrogen) atoms. The van der Waals surface area contributed by atoms with Gasteiger partial charge in [0.1, 0.15) is 5.82 Å². The van der Waals surface area contributed by atoms with Crippen molar-refractivity contribution >= 4 is 31.6 Å². The third kappa shape index (κ3) is 3.63. The first-order valence-electron chi connectivity index (χ1n) is 6.79. The molecule has 0 fully saturated rings. The maximum atomic E-state index is 13.7. The van der Waals surface area contributed by atoms with Crippen LogP contribution < -0.4 is 0 Å². The SMILES string of the molecule is Cc1cc(Br)c([N+](=O)[O-])cc1S(=O)(=O)N(C)Cc1ccccc1F. The van der Waals surface area contributed by atoms with E-state index in [4.69, 9.17) is 0 Å². The van der Waals surface area contributed by atoms with Gasteiger partial charge in [0.25, 0.3) is 5.69 Å². The molecule has 0 spiro atoms. The second kappa shape index (κ2) is 6.96. The first-order chi connectivity index (χ1) is 11.1. The molecule has 2 aromatic rings. The number of nitro benzene ring substituents is 1.